The Morgan fingerprint density at radius 3 is 2.61 bits per heavy atom. The molecule has 18 heavy (non-hydrogen) atoms. The van der Waals surface area contributed by atoms with Crippen molar-refractivity contribution in [3.63, 3.8) is 0 Å². The Kier molecular flexibility index (Phi) is 4.73. The van der Waals surface area contributed by atoms with Crippen LogP contribution in [0.15, 0.2) is 24.3 Å². The maximum atomic E-state index is 13.2. The molecule has 3 nitrogen and oxygen atoms in total. The second-order valence-corrected chi connectivity index (χ2v) is 4.84. The summed E-state index contributed by atoms with van der Waals surface area (Å²) in [6.07, 6.45) is 0. The monoisotopic (exact) mass is 248 g/mol. The molecule has 0 atom stereocenters. The topological polar surface area (TPSA) is 41.1 Å². The van der Waals surface area contributed by atoms with Gasteiger partial charge in [0.2, 0.25) is 0 Å². The molecule has 0 aliphatic heterocycles. The van der Waals surface area contributed by atoms with Crippen molar-refractivity contribution in [2.45, 2.75) is 26.3 Å². The number of nitrogens with one attached hydrogen (secondary N) is 2. The van der Waals surface area contributed by atoms with Crippen LogP contribution in [0.4, 0.5) is 9.18 Å². The van der Waals surface area contributed by atoms with Gasteiger partial charge in [-0.15, -0.1) is 0 Å². The van der Waals surface area contributed by atoms with Crippen LogP contribution >= 0.6 is 0 Å². The van der Waals surface area contributed by atoms with Gasteiger partial charge in [-0.25, -0.2) is 9.18 Å². The van der Waals surface area contributed by atoms with Crippen molar-refractivity contribution in [3.05, 3.63) is 35.6 Å². The third kappa shape index (κ3) is 5.35. The maximum Gasteiger partial charge on any atom is 0.315 e. The number of carbonyl (C=O) groups is 1. The number of carbonyl (C=O) groups excluding carboxylic acids is 1. The average molecular weight is 248 g/mol. The van der Waals surface area contributed by atoms with E-state index in [4.69, 9.17) is 0 Å². The minimum atomic E-state index is -0.357. The molecule has 0 radical (unpaired) electrons. The molecule has 1 rings (SSSR count). The standard InChI is InChI=1S/C14H17FN2O/c1-14(2,3)17-13(18)16-10-6-8-11-7-4-5-9-12(11)15/h4-5,7,9H,10H2,1-3H3,(H2,16,17,18). The van der Waals surface area contributed by atoms with Gasteiger partial charge in [0.25, 0.3) is 0 Å². The molecule has 0 unspecified atom stereocenters. The highest BCUT2D eigenvalue weighted by atomic mass is 19.1. The molecular weight excluding hydrogens is 231 g/mol. The number of rotatable bonds is 1. The minimum absolute atomic E-state index is 0.177. The predicted octanol–water partition coefficient (Wildman–Crippen LogP) is 2.27. The molecular formula is C14H17FN2O. The maximum absolute atomic E-state index is 13.2. The Bertz CT molecular complexity index is 481. The van der Waals surface area contributed by atoms with Crippen LogP contribution in [0.1, 0.15) is 26.3 Å². The van der Waals surface area contributed by atoms with E-state index in [-0.39, 0.29) is 23.9 Å². The van der Waals surface area contributed by atoms with Crippen LogP contribution in [0.3, 0.4) is 0 Å². The average Bonchev–Trinajstić information content (AvgIpc) is 2.24. The third-order valence-electron chi connectivity index (χ3n) is 1.92. The van der Waals surface area contributed by atoms with Crippen molar-refractivity contribution in [1.29, 1.82) is 0 Å². The first kappa shape index (κ1) is 14.0. The summed E-state index contributed by atoms with van der Waals surface area (Å²) in [4.78, 5) is 11.4. The molecule has 0 aliphatic carbocycles. The summed E-state index contributed by atoms with van der Waals surface area (Å²) in [5.41, 5.74) is 0.0406. The SMILES string of the molecule is CC(C)(C)NC(=O)NCC#Cc1ccccc1F. The van der Waals surface area contributed by atoms with Crippen LogP contribution in [-0.2, 0) is 0 Å². The fourth-order valence-corrected chi connectivity index (χ4v) is 1.21. The molecule has 1 aromatic rings. The summed E-state index contributed by atoms with van der Waals surface area (Å²) in [5.74, 6) is 5.00. The summed E-state index contributed by atoms with van der Waals surface area (Å²) in [6, 6.07) is 5.98. The lowest BCUT2D eigenvalue weighted by molar-refractivity contribution is 0.233. The molecule has 0 saturated heterocycles. The zero-order valence-corrected chi connectivity index (χ0v) is 10.8. The molecule has 0 saturated carbocycles. The van der Waals surface area contributed by atoms with Crippen molar-refractivity contribution in [3.8, 4) is 11.8 Å². The van der Waals surface area contributed by atoms with Gasteiger partial charge in [0, 0.05) is 5.54 Å². The Morgan fingerprint density at radius 1 is 1.33 bits per heavy atom. The normalized spacial score (nSPS) is 10.2. The van der Waals surface area contributed by atoms with Crippen molar-refractivity contribution in [1.82, 2.24) is 10.6 Å². The van der Waals surface area contributed by atoms with Gasteiger partial charge in [0.05, 0.1) is 12.1 Å². The molecule has 0 heterocycles. The van der Waals surface area contributed by atoms with E-state index in [9.17, 15) is 9.18 Å². The highest BCUT2D eigenvalue weighted by Gasteiger charge is 2.12. The number of hydrogen-bond donors (Lipinski definition) is 2. The van der Waals surface area contributed by atoms with Gasteiger partial charge in [-0.3, -0.25) is 0 Å². The van der Waals surface area contributed by atoms with Gasteiger partial charge in [-0.2, -0.15) is 0 Å². The predicted molar refractivity (Wildman–Crippen MR) is 69.6 cm³/mol. The van der Waals surface area contributed by atoms with E-state index in [2.05, 4.69) is 22.5 Å². The highest BCUT2D eigenvalue weighted by molar-refractivity contribution is 5.74. The zero-order valence-electron chi connectivity index (χ0n) is 10.8. The Balaban J connectivity index is 2.44. The van der Waals surface area contributed by atoms with Crippen LogP contribution in [0.5, 0.6) is 0 Å². The van der Waals surface area contributed by atoms with Crippen LogP contribution in [0.25, 0.3) is 0 Å². The van der Waals surface area contributed by atoms with Crippen molar-refractivity contribution >= 4 is 6.03 Å². The van der Waals surface area contributed by atoms with Gasteiger partial charge in [-0.1, -0.05) is 24.0 Å². The van der Waals surface area contributed by atoms with Gasteiger partial charge in [-0.05, 0) is 32.9 Å². The Labute approximate surface area is 107 Å². The molecule has 4 heteroatoms. The number of hydrogen-bond acceptors (Lipinski definition) is 1. The van der Waals surface area contributed by atoms with Crippen molar-refractivity contribution in [2.75, 3.05) is 6.54 Å². The first-order chi connectivity index (χ1) is 8.38. The number of amides is 2. The Morgan fingerprint density at radius 2 is 2.00 bits per heavy atom. The third-order valence-corrected chi connectivity index (χ3v) is 1.92. The summed E-state index contributed by atoms with van der Waals surface area (Å²) < 4.78 is 13.2. The van der Waals surface area contributed by atoms with E-state index in [0.717, 1.165) is 0 Å². The summed E-state index contributed by atoms with van der Waals surface area (Å²) in [6.45, 7) is 5.84. The quantitative estimate of drug-likeness (QED) is 0.735. The van der Waals surface area contributed by atoms with E-state index < -0.39 is 0 Å². The van der Waals surface area contributed by atoms with Crippen molar-refractivity contribution < 1.29 is 9.18 Å². The summed E-state index contributed by atoms with van der Waals surface area (Å²) in [5, 5.41) is 5.32. The smallest absolute Gasteiger partial charge is 0.315 e. The molecule has 0 spiro atoms. The van der Waals surface area contributed by atoms with E-state index in [1.165, 1.54) is 6.07 Å². The number of halogens is 1. The second kappa shape index (κ2) is 6.06. The van der Waals surface area contributed by atoms with E-state index in [1.807, 2.05) is 20.8 Å². The highest BCUT2D eigenvalue weighted by Crippen LogP contribution is 2.03. The van der Waals surface area contributed by atoms with Crippen molar-refractivity contribution in [2.24, 2.45) is 0 Å². The van der Waals surface area contributed by atoms with E-state index in [1.54, 1.807) is 18.2 Å². The molecule has 0 aliphatic rings. The number of benzene rings is 1. The molecule has 1 aromatic carbocycles. The lowest BCUT2D eigenvalue weighted by Crippen LogP contribution is -2.46. The largest absolute Gasteiger partial charge is 0.334 e. The molecule has 2 amide bonds. The number of urea groups is 1. The molecule has 0 bridgehead atoms. The molecule has 2 N–H and O–H groups in total. The fourth-order valence-electron chi connectivity index (χ4n) is 1.21. The van der Waals surface area contributed by atoms with Crippen LogP contribution < -0.4 is 10.6 Å². The lowest BCUT2D eigenvalue weighted by atomic mass is 10.1. The van der Waals surface area contributed by atoms with Gasteiger partial charge in [0.15, 0.2) is 0 Å². The first-order valence-corrected chi connectivity index (χ1v) is 5.68. The molecule has 0 aromatic heterocycles. The Hall–Kier alpha value is -2.02. The first-order valence-electron chi connectivity index (χ1n) is 5.68. The van der Waals surface area contributed by atoms with Gasteiger partial charge >= 0.3 is 6.03 Å². The zero-order chi connectivity index (χ0) is 13.6. The molecule has 0 fully saturated rings. The summed E-state index contributed by atoms with van der Waals surface area (Å²) in [7, 11) is 0. The van der Waals surface area contributed by atoms with Gasteiger partial charge < -0.3 is 10.6 Å². The van der Waals surface area contributed by atoms with Gasteiger partial charge in [0.1, 0.15) is 5.82 Å². The fraction of sp³-hybridized carbons (Fsp3) is 0.357. The van der Waals surface area contributed by atoms with E-state index >= 15 is 0 Å². The minimum Gasteiger partial charge on any atom is -0.334 e. The van der Waals surface area contributed by atoms with Crippen LogP contribution in [-0.4, -0.2) is 18.1 Å². The van der Waals surface area contributed by atoms with Crippen LogP contribution in [0.2, 0.25) is 0 Å². The summed E-state index contributed by atoms with van der Waals surface area (Å²) >= 11 is 0. The van der Waals surface area contributed by atoms with E-state index in [0.29, 0.717) is 5.56 Å². The lowest BCUT2D eigenvalue weighted by Gasteiger charge is -2.20. The second-order valence-electron chi connectivity index (χ2n) is 4.84. The van der Waals surface area contributed by atoms with Crippen LogP contribution in [0, 0.1) is 17.7 Å². The molecule has 96 valence electrons.